The molecule has 1 aromatic rings. The van der Waals surface area contributed by atoms with Crippen LogP contribution in [0.25, 0.3) is 0 Å². The van der Waals surface area contributed by atoms with Crippen molar-refractivity contribution in [2.45, 2.75) is 19.8 Å². The van der Waals surface area contributed by atoms with Crippen LogP contribution in [0.3, 0.4) is 0 Å². The van der Waals surface area contributed by atoms with Crippen LogP contribution in [0, 0.1) is 5.92 Å². The third-order valence-corrected chi connectivity index (χ3v) is 2.09. The first-order valence-electron chi connectivity index (χ1n) is 4.40. The zero-order valence-corrected chi connectivity index (χ0v) is 7.90. The van der Waals surface area contributed by atoms with Gasteiger partial charge in [-0.2, -0.15) is 0 Å². The molecule has 0 aromatic heterocycles. The monoisotopic (exact) mass is 178 g/mol. The predicted octanol–water partition coefficient (Wildman–Crippen LogP) is 2.51. The number of benzene rings is 1. The molecule has 70 valence electrons. The van der Waals surface area contributed by atoms with E-state index in [4.69, 9.17) is 5.11 Å². The molecule has 0 spiro atoms. The van der Waals surface area contributed by atoms with E-state index in [2.05, 4.69) is 0 Å². The maximum absolute atomic E-state index is 10.9. The fourth-order valence-corrected chi connectivity index (χ4v) is 1.47. The van der Waals surface area contributed by atoms with Crippen LogP contribution in [-0.2, 0) is 4.79 Å². The van der Waals surface area contributed by atoms with Gasteiger partial charge in [-0.15, -0.1) is 0 Å². The highest BCUT2D eigenvalue weighted by atomic mass is 16.4. The molecule has 0 aliphatic heterocycles. The Kier molecular flexibility index (Phi) is 3.07. The van der Waals surface area contributed by atoms with E-state index in [0.717, 1.165) is 5.56 Å². The van der Waals surface area contributed by atoms with E-state index in [1.54, 1.807) is 0 Å². The summed E-state index contributed by atoms with van der Waals surface area (Å²) in [5.74, 6) is -1.01. The van der Waals surface area contributed by atoms with Gasteiger partial charge in [-0.25, -0.2) is 0 Å². The summed E-state index contributed by atoms with van der Waals surface area (Å²) < 4.78 is 0. The largest absolute Gasteiger partial charge is 0.481 e. The SMILES string of the molecule is CC(C)C(C(=O)O)c1ccccc1. The van der Waals surface area contributed by atoms with Gasteiger partial charge in [-0.1, -0.05) is 44.2 Å². The highest BCUT2D eigenvalue weighted by molar-refractivity contribution is 5.76. The van der Waals surface area contributed by atoms with Crippen molar-refractivity contribution in [1.82, 2.24) is 0 Å². The molecule has 0 saturated carbocycles. The highest BCUT2D eigenvalue weighted by Crippen LogP contribution is 2.23. The zero-order valence-electron chi connectivity index (χ0n) is 7.90. The third kappa shape index (κ3) is 2.31. The van der Waals surface area contributed by atoms with E-state index < -0.39 is 5.97 Å². The van der Waals surface area contributed by atoms with Crippen LogP contribution >= 0.6 is 0 Å². The van der Waals surface area contributed by atoms with Gasteiger partial charge in [0.05, 0.1) is 5.92 Å². The Bertz CT molecular complexity index is 277. The van der Waals surface area contributed by atoms with Gasteiger partial charge < -0.3 is 5.11 Å². The molecule has 2 nitrogen and oxygen atoms in total. The molecule has 0 heterocycles. The van der Waals surface area contributed by atoms with Gasteiger partial charge in [0.1, 0.15) is 0 Å². The number of aliphatic carboxylic acids is 1. The Morgan fingerprint density at radius 3 is 2.15 bits per heavy atom. The fraction of sp³-hybridized carbons (Fsp3) is 0.364. The molecule has 1 unspecified atom stereocenters. The molecule has 0 saturated heterocycles. The Balaban J connectivity index is 2.96. The predicted molar refractivity (Wildman–Crippen MR) is 51.7 cm³/mol. The molecule has 0 aliphatic rings. The van der Waals surface area contributed by atoms with Crippen molar-refractivity contribution in [3.63, 3.8) is 0 Å². The van der Waals surface area contributed by atoms with E-state index in [1.807, 2.05) is 44.2 Å². The van der Waals surface area contributed by atoms with Crippen LogP contribution in [0.5, 0.6) is 0 Å². The molecule has 1 atom stereocenters. The maximum atomic E-state index is 10.9. The normalized spacial score (nSPS) is 12.8. The van der Waals surface area contributed by atoms with Crippen molar-refractivity contribution in [1.29, 1.82) is 0 Å². The van der Waals surface area contributed by atoms with Crippen molar-refractivity contribution in [2.75, 3.05) is 0 Å². The van der Waals surface area contributed by atoms with Gasteiger partial charge in [0.2, 0.25) is 0 Å². The number of hydrogen-bond donors (Lipinski definition) is 1. The molecule has 1 aromatic carbocycles. The first kappa shape index (κ1) is 9.78. The quantitative estimate of drug-likeness (QED) is 0.772. The molecule has 0 aliphatic carbocycles. The van der Waals surface area contributed by atoms with Crippen molar-refractivity contribution in [3.05, 3.63) is 35.9 Å². The first-order chi connectivity index (χ1) is 6.13. The van der Waals surface area contributed by atoms with Crippen LogP contribution < -0.4 is 0 Å². The molecule has 1 rings (SSSR count). The van der Waals surface area contributed by atoms with Crippen LogP contribution in [0.2, 0.25) is 0 Å². The Morgan fingerprint density at radius 1 is 1.23 bits per heavy atom. The van der Waals surface area contributed by atoms with Crippen molar-refractivity contribution < 1.29 is 9.90 Å². The van der Waals surface area contributed by atoms with Crippen LogP contribution in [0.4, 0.5) is 0 Å². The lowest BCUT2D eigenvalue weighted by molar-refractivity contribution is -0.139. The van der Waals surface area contributed by atoms with Gasteiger partial charge in [-0.05, 0) is 11.5 Å². The summed E-state index contributed by atoms with van der Waals surface area (Å²) in [7, 11) is 0. The van der Waals surface area contributed by atoms with Gasteiger partial charge in [0.15, 0.2) is 0 Å². The lowest BCUT2D eigenvalue weighted by Gasteiger charge is -2.15. The summed E-state index contributed by atoms with van der Waals surface area (Å²) in [5, 5.41) is 9.00. The van der Waals surface area contributed by atoms with Gasteiger partial charge in [0.25, 0.3) is 0 Å². The van der Waals surface area contributed by atoms with Crippen molar-refractivity contribution in [3.8, 4) is 0 Å². The maximum Gasteiger partial charge on any atom is 0.311 e. The van der Waals surface area contributed by atoms with E-state index in [1.165, 1.54) is 0 Å². The Labute approximate surface area is 78.2 Å². The molecule has 2 heteroatoms. The van der Waals surface area contributed by atoms with Gasteiger partial charge in [-0.3, -0.25) is 4.79 Å². The minimum atomic E-state index is -0.749. The standard InChI is InChI=1S/C11H14O2/c1-8(2)10(11(12)13)9-6-4-3-5-7-9/h3-8,10H,1-2H3,(H,12,13). The zero-order chi connectivity index (χ0) is 9.84. The summed E-state index contributed by atoms with van der Waals surface area (Å²) >= 11 is 0. The number of carboxylic acids is 1. The Morgan fingerprint density at radius 2 is 1.77 bits per heavy atom. The van der Waals surface area contributed by atoms with Crippen LogP contribution in [0.15, 0.2) is 30.3 Å². The minimum Gasteiger partial charge on any atom is -0.481 e. The molecule has 0 bridgehead atoms. The van der Waals surface area contributed by atoms with Crippen LogP contribution in [-0.4, -0.2) is 11.1 Å². The first-order valence-corrected chi connectivity index (χ1v) is 4.40. The van der Waals surface area contributed by atoms with Gasteiger partial charge in [0, 0.05) is 0 Å². The fourth-order valence-electron chi connectivity index (χ4n) is 1.47. The molecule has 0 amide bonds. The number of carbonyl (C=O) groups is 1. The molecule has 0 fully saturated rings. The summed E-state index contributed by atoms with van der Waals surface area (Å²) in [5.41, 5.74) is 0.880. The lowest BCUT2D eigenvalue weighted by atomic mass is 9.89. The van der Waals surface area contributed by atoms with E-state index in [9.17, 15) is 4.79 Å². The molecule has 0 radical (unpaired) electrons. The van der Waals surface area contributed by atoms with E-state index >= 15 is 0 Å². The number of hydrogen-bond acceptors (Lipinski definition) is 1. The Hall–Kier alpha value is -1.31. The molecular formula is C11H14O2. The molecule has 1 N–H and O–H groups in total. The lowest BCUT2D eigenvalue weighted by Crippen LogP contribution is -2.17. The topological polar surface area (TPSA) is 37.3 Å². The summed E-state index contributed by atoms with van der Waals surface area (Å²) in [6.07, 6.45) is 0. The van der Waals surface area contributed by atoms with Crippen LogP contribution in [0.1, 0.15) is 25.3 Å². The molecule has 13 heavy (non-hydrogen) atoms. The van der Waals surface area contributed by atoms with Crippen molar-refractivity contribution >= 4 is 5.97 Å². The molecular weight excluding hydrogens is 164 g/mol. The summed E-state index contributed by atoms with van der Waals surface area (Å²) in [6, 6.07) is 9.35. The van der Waals surface area contributed by atoms with E-state index in [-0.39, 0.29) is 11.8 Å². The average Bonchev–Trinajstić information content (AvgIpc) is 2.04. The second kappa shape index (κ2) is 4.08. The number of carboxylic acid groups (broad SMARTS) is 1. The average molecular weight is 178 g/mol. The number of rotatable bonds is 3. The summed E-state index contributed by atoms with van der Waals surface area (Å²) in [4.78, 5) is 10.9. The van der Waals surface area contributed by atoms with Crippen molar-refractivity contribution in [2.24, 2.45) is 5.92 Å². The second-order valence-corrected chi connectivity index (χ2v) is 3.47. The van der Waals surface area contributed by atoms with E-state index in [0.29, 0.717) is 0 Å². The van der Waals surface area contributed by atoms with Gasteiger partial charge >= 0.3 is 5.97 Å². The second-order valence-electron chi connectivity index (χ2n) is 3.47. The smallest absolute Gasteiger partial charge is 0.311 e. The summed E-state index contributed by atoms with van der Waals surface area (Å²) in [6.45, 7) is 3.84. The minimum absolute atomic E-state index is 0.125. The highest BCUT2D eigenvalue weighted by Gasteiger charge is 2.22. The third-order valence-electron chi connectivity index (χ3n) is 2.09.